The average molecular weight is 841 g/mol. The maximum Gasteiger partial charge on any atom is 0.335 e. The number of hydrogen-bond acceptors (Lipinski definition) is 4. The molecular formula is C46H26Cl4N4O4. The fraction of sp³-hybridized carbons (Fsp3) is 0. The van der Waals surface area contributed by atoms with E-state index in [1.165, 1.54) is 0 Å². The molecule has 0 unspecified atom stereocenters. The van der Waals surface area contributed by atoms with E-state index in [1.807, 2.05) is 48.6 Å². The van der Waals surface area contributed by atoms with Crippen molar-refractivity contribution in [3.63, 3.8) is 0 Å². The van der Waals surface area contributed by atoms with E-state index >= 15 is 0 Å². The summed E-state index contributed by atoms with van der Waals surface area (Å²) in [4.78, 5) is 41.3. The molecule has 9 rings (SSSR count). The summed E-state index contributed by atoms with van der Waals surface area (Å²) in [5.74, 6) is -2.09. The maximum absolute atomic E-state index is 11.8. The monoisotopic (exact) mass is 838 g/mol. The van der Waals surface area contributed by atoms with Crippen molar-refractivity contribution in [1.82, 2.24) is 19.9 Å². The number of nitrogens with zero attached hydrogens (tertiary/aromatic N) is 2. The first-order valence-electron chi connectivity index (χ1n) is 17.8. The highest BCUT2D eigenvalue weighted by molar-refractivity contribution is 6.40. The van der Waals surface area contributed by atoms with E-state index < -0.39 is 11.9 Å². The third kappa shape index (κ3) is 6.56. The quantitative estimate of drug-likeness (QED) is 0.132. The van der Waals surface area contributed by atoms with Gasteiger partial charge in [-0.3, -0.25) is 0 Å². The van der Waals surface area contributed by atoms with Crippen LogP contribution in [-0.4, -0.2) is 42.1 Å². The number of carboxylic acids is 2. The van der Waals surface area contributed by atoms with Crippen LogP contribution in [0.2, 0.25) is 20.1 Å². The van der Waals surface area contributed by atoms with Gasteiger partial charge in [0, 0.05) is 55.4 Å². The lowest BCUT2D eigenvalue weighted by molar-refractivity contribution is 0.0686. The summed E-state index contributed by atoms with van der Waals surface area (Å²) in [6, 6.07) is 31.5. The van der Waals surface area contributed by atoms with Gasteiger partial charge in [0.25, 0.3) is 0 Å². The second-order valence-electron chi connectivity index (χ2n) is 13.5. The number of nitrogens with one attached hydrogen (secondary N) is 2. The van der Waals surface area contributed by atoms with Crippen LogP contribution >= 0.6 is 46.4 Å². The zero-order valence-electron chi connectivity index (χ0n) is 29.8. The third-order valence-electron chi connectivity index (χ3n) is 10.0. The molecule has 4 N–H and O–H groups in total. The lowest BCUT2D eigenvalue weighted by atomic mass is 10.0. The van der Waals surface area contributed by atoms with Gasteiger partial charge in [0.1, 0.15) is 0 Å². The van der Waals surface area contributed by atoms with Gasteiger partial charge in [0.05, 0.1) is 54.0 Å². The van der Waals surface area contributed by atoms with Crippen LogP contribution in [0.3, 0.4) is 0 Å². The highest BCUT2D eigenvalue weighted by atomic mass is 35.5. The Morgan fingerprint density at radius 3 is 1.00 bits per heavy atom. The second-order valence-corrected chi connectivity index (χ2v) is 15.1. The Balaban J connectivity index is 1.48. The number of rotatable bonds is 6. The predicted octanol–water partition coefficient (Wildman–Crippen LogP) is 13.3. The van der Waals surface area contributed by atoms with Crippen LogP contribution in [0.25, 0.3) is 90.9 Å². The average Bonchev–Trinajstić information content (AvgIpc) is 4.05. The highest BCUT2D eigenvalue weighted by Gasteiger charge is 2.22. The van der Waals surface area contributed by atoms with Crippen molar-refractivity contribution in [3.05, 3.63) is 163 Å². The minimum atomic E-state index is -1.04. The molecule has 0 aliphatic carbocycles. The number of carbonyl (C=O) groups is 2. The summed E-state index contributed by atoms with van der Waals surface area (Å²) in [5.41, 5.74) is 10.4. The Hall–Kier alpha value is -6.42. The summed E-state index contributed by atoms with van der Waals surface area (Å²) in [7, 11) is 0. The van der Waals surface area contributed by atoms with Crippen LogP contribution in [-0.2, 0) is 0 Å². The Kier molecular flexibility index (Phi) is 9.50. The Morgan fingerprint density at radius 1 is 0.397 bits per heavy atom. The Labute approximate surface area is 350 Å². The minimum Gasteiger partial charge on any atom is -0.478 e. The molecule has 282 valence electrons. The molecule has 0 amide bonds. The van der Waals surface area contributed by atoms with Gasteiger partial charge in [0.2, 0.25) is 0 Å². The van der Waals surface area contributed by atoms with Gasteiger partial charge in [-0.1, -0.05) is 82.8 Å². The Morgan fingerprint density at radius 2 is 0.690 bits per heavy atom. The molecule has 0 fully saturated rings. The fourth-order valence-corrected chi connectivity index (χ4v) is 8.54. The smallest absolute Gasteiger partial charge is 0.335 e. The number of H-pyrrole nitrogens is 2. The summed E-state index contributed by atoms with van der Waals surface area (Å²) < 4.78 is 0. The molecule has 0 atom stereocenters. The molecule has 8 nitrogen and oxygen atoms in total. The molecule has 4 aromatic carbocycles. The Bertz CT molecular complexity index is 2870. The van der Waals surface area contributed by atoms with E-state index in [2.05, 4.69) is 9.97 Å². The highest BCUT2D eigenvalue weighted by Crippen LogP contribution is 2.44. The zero-order chi connectivity index (χ0) is 40.2. The number of hydrogen-bond donors (Lipinski definition) is 4. The van der Waals surface area contributed by atoms with Gasteiger partial charge in [0.15, 0.2) is 0 Å². The number of fused-ring (bicyclic) bond motifs is 8. The van der Waals surface area contributed by atoms with Gasteiger partial charge in [-0.25, -0.2) is 19.6 Å². The lowest BCUT2D eigenvalue weighted by Crippen LogP contribution is -1.96. The molecule has 0 saturated carbocycles. The molecule has 0 radical (unpaired) electrons. The van der Waals surface area contributed by atoms with Crippen molar-refractivity contribution in [3.8, 4) is 44.5 Å². The first-order valence-corrected chi connectivity index (χ1v) is 19.3. The van der Waals surface area contributed by atoms with Gasteiger partial charge in [-0.2, -0.15) is 0 Å². The van der Waals surface area contributed by atoms with Gasteiger partial charge in [-0.15, -0.1) is 0 Å². The van der Waals surface area contributed by atoms with Crippen molar-refractivity contribution in [2.45, 2.75) is 0 Å². The SMILES string of the molecule is O=C(O)c1ccc(-c2c3nc(c(-c4ccc(C(=O)O)cc4)c4ccc([nH]4)c(-c4c(Cl)cccc4Cl)c4nc(c(-c5c(Cl)cccc5Cl)c5ccc2[nH]5)C=C4)C=C3)cc1. The summed E-state index contributed by atoms with van der Waals surface area (Å²) in [6.45, 7) is 0. The molecule has 58 heavy (non-hydrogen) atoms. The van der Waals surface area contributed by atoms with Crippen molar-refractivity contribution in [2.75, 3.05) is 0 Å². The van der Waals surface area contributed by atoms with Crippen LogP contribution in [0, 0.1) is 0 Å². The zero-order valence-corrected chi connectivity index (χ0v) is 32.8. The molecular weight excluding hydrogens is 814 g/mol. The molecule has 2 aliphatic rings. The fourth-order valence-electron chi connectivity index (χ4n) is 7.37. The van der Waals surface area contributed by atoms with E-state index in [0.29, 0.717) is 109 Å². The van der Waals surface area contributed by atoms with Crippen LogP contribution in [0.4, 0.5) is 0 Å². The number of aromatic amines is 2. The molecule has 8 bridgehead atoms. The molecule has 3 aromatic heterocycles. The number of aromatic carboxylic acids is 2. The third-order valence-corrected chi connectivity index (χ3v) is 11.3. The predicted molar refractivity (Wildman–Crippen MR) is 235 cm³/mol. The molecule has 0 spiro atoms. The van der Waals surface area contributed by atoms with Crippen molar-refractivity contribution >= 4 is 105 Å². The van der Waals surface area contributed by atoms with Crippen LogP contribution < -0.4 is 0 Å². The lowest BCUT2D eigenvalue weighted by Gasteiger charge is -2.10. The standard InChI is InChI=1S/C46H26Cl4N4O4/c47-27-3-1-4-28(48)41(27)43-35-19-17-33(52-35)39(23-7-11-25(12-8-23)45(55)56)31-15-16-32(51-31)40(24-9-13-26(14-10-24)46(57)58)34-18-20-36(53-34)44(38-22-21-37(43)54-38)42-29(49)5-2-6-30(42)50/h1-22,52-53H,(H,55,56)(H,57,58). The molecule has 7 aromatic rings. The van der Waals surface area contributed by atoms with E-state index in [9.17, 15) is 19.8 Å². The number of benzene rings is 4. The van der Waals surface area contributed by atoms with Gasteiger partial charge >= 0.3 is 11.9 Å². The second kappa shape index (κ2) is 14.8. The van der Waals surface area contributed by atoms with Crippen LogP contribution in [0.15, 0.2) is 109 Å². The molecule has 2 aliphatic heterocycles. The number of halogens is 4. The normalized spacial score (nSPS) is 11.9. The van der Waals surface area contributed by atoms with E-state index in [0.717, 1.165) is 0 Å². The van der Waals surface area contributed by atoms with E-state index in [1.54, 1.807) is 84.9 Å². The van der Waals surface area contributed by atoms with Crippen molar-refractivity contribution in [1.29, 1.82) is 0 Å². The topological polar surface area (TPSA) is 132 Å². The summed E-state index contributed by atoms with van der Waals surface area (Å²) in [6.07, 6.45) is 7.56. The molecule has 12 heteroatoms. The molecule has 5 heterocycles. The largest absolute Gasteiger partial charge is 0.478 e. The first-order chi connectivity index (χ1) is 28.0. The first kappa shape index (κ1) is 37.2. The molecule has 0 saturated heterocycles. The summed E-state index contributed by atoms with van der Waals surface area (Å²) >= 11 is 27.7. The number of carboxylic acid groups (broad SMARTS) is 2. The van der Waals surface area contributed by atoms with Crippen molar-refractivity contribution in [2.24, 2.45) is 0 Å². The van der Waals surface area contributed by atoms with E-state index in [-0.39, 0.29) is 11.1 Å². The summed E-state index contributed by atoms with van der Waals surface area (Å²) in [5, 5.41) is 21.0. The van der Waals surface area contributed by atoms with Crippen LogP contribution in [0.5, 0.6) is 0 Å². The number of aromatic nitrogens is 4. The van der Waals surface area contributed by atoms with Crippen LogP contribution in [0.1, 0.15) is 43.5 Å². The van der Waals surface area contributed by atoms with Crippen molar-refractivity contribution < 1.29 is 19.8 Å². The van der Waals surface area contributed by atoms with E-state index in [4.69, 9.17) is 56.4 Å². The van der Waals surface area contributed by atoms with Gasteiger partial charge in [-0.05, 0) is 108 Å². The van der Waals surface area contributed by atoms with Gasteiger partial charge < -0.3 is 20.2 Å². The minimum absolute atomic E-state index is 0.139. The maximum atomic E-state index is 11.8.